The molecular formula is C26H23FN6O. The van der Waals surface area contributed by atoms with Crippen molar-refractivity contribution >= 4 is 5.91 Å². The fourth-order valence-electron chi connectivity index (χ4n) is 4.24. The summed E-state index contributed by atoms with van der Waals surface area (Å²) in [5, 5.41) is 13.3. The Labute approximate surface area is 196 Å². The van der Waals surface area contributed by atoms with Crippen LogP contribution in [0.3, 0.4) is 0 Å². The Morgan fingerprint density at radius 2 is 1.68 bits per heavy atom. The van der Waals surface area contributed by atoms with Crippen molar-refractivity contribution in [2.24, 2.45) is 0 Å². The Hall–Kier alpha value is -4.22. The summed E-state index contributed by atoms with van der Waals surface area (Å²) < 4.78 is 17.8. The molecule has 8 heteroatoms. The zero-order chi connectivity index (χ0) is 23.5. The smallest absolute Gasteiger partial charge is 0.259 e. The van der Waals surface area contributed by atoms with Crippen LogP contribution < -0.4 is 0 Å². The van der Waals surface area contributed by atoms with Crippen LogP contribution in [0.15, 0.2) is 79.3 Å². The van der Waals surface area contributed by atoms with Crippen molar-refractivity contribution < 1.29 is 9.18 Å². The zero-order valence-electron chi connectivity index (χ0n) is 18.5. The van der Waals surface area contributed by atoms with Crippen molar-refractivity contribution in [1.82, 2.24) is 24.1 Å². The van der Waals surface area contributed by atoms with E-state index >= 15 is 0 Å². The summed E-state index contributed by atoms with van der Waals surface area (Å²) in [6.45, 7) is 3.43. The van der Waals surface area contributed by atoms with E-state index in [0.717, 1.165) is 25.2 Å². The van der Waals surface area contributed by atoms with Crippen LogP contribution in [0, 0.1) is 17.1 Å². The number of amides is 1. The van der Waals surface area contributed by atoms with E-state index in [1.165, 1.54) is 16.9 Å². The molecule has 0 bridgehead atoms. The Morgan fingerprint density at radius 3 is 2.35 bits per heavy atom. The molecule has 0 aliphatic carbocycles. The molecule has 0 radical (unpaired) electrons. The van der Waals surface area contributed by atoms with Crippen LogP contribution >= 0.6 is 0 Å². The Bertz CT molecular complexity index is 1330. The topological polar surface area (TPSA) is 70.1 Å². The average Bonchev–Trinajstić information content (AvgIpc) is 3.55. The van der Waals surface area contributed by atoms with Crippen molar-refractivity contribution in [1.29, 1.82) is 5.26 Å². The van der Waals surface area contributed by atoms with Gasteiger partial charge in [0.05, 0.1) is 17.8 Å². The predicted octanol–water partition coefficient (Wildman–Crippen LogP) is 3.63. The minimum absolute atomic E-state index is 0.121. The van der Waals surface area contributed by atoms with E-state index in [2.05, 4.69) is 16.1 Å². The number of halogens is 1. The highest BCUT2D eigenvalue weighted by Gasteiger charge is 2.27. The lowest BCUT2D eigenvalue weighted by Crippen LogP contribution is -2.48. The van der Waals surface area contributed by atoms with E-state index in [9.17, 15) is 9.18 Å². The largest absolute Gasteiger partial charge is 0.336 e. The van der Waals surface area contributed by atoms with Crippen LogP contribution in [0.5, 0.6) is 0 Å². The minimum Gasteiger partial charge on any atom is -0.336 e. The maximum Gasteiger partial charge on any atom is 0.259 e. The molecule has 1 aliphatic heterocycles. The lowest BCUT2D eigenvalue weighted by atomic mass is 10.1. The molecule has 170 valence electrons. The molecular weight excluding hydrogens is 431 g/mol. The number of rotatable bonds is 5. The van der Waals surface area contributed by atoms with Gasteiger partial charge in [-0.15, -0.1) is 0 Å². The molecule has 1 aliphatic rings. The van der Waals surface area contributed by atoms with Crippen LogP contribution in [0.4, 0.5) is 4.39 Å². The zero-order valence-corrected chi connectivity index (χ0v) is 18.5. The van der Waals surface area contributed by atoms with Gasteiger partial charge in [0.15, 0.2) is 5.82 Å². The van der Waals surface area contributed by atoms with E-state index in [1.54, 1.807) is 22.8 Å². The van der Waals surface area contributed by atoms with Crippen molar-refractivity contribution in [3.63, 3.8) is 0 Å². The van der Waals surface area contributed by atoms with Gasteiger partial charge < -0.3 is 9.47 Å². The van der Waals surface area contributed by atoms with Crippen LogP contribution in [0.1, 0.15) is 21.5 Å². The van der Waals surface area contributed by atoms with Gasteiger partial charge >= 0.3 is 0 Å². The maximum atomic E-state index is 14.5. The SMILES string of the molecule is N#Cc1ccc(CN2CCN(C(=O)c3cnn(-c4ccccc4F)c3-n3cccc3)CC2)cc1. The van der Waals surface area contributed by atoms with E-state index in [0.29, 0.717) is 30.0 Å². The molecule has 0 saturated carbocycles. The third-order valence-corrected chi connectivity index (χ3v) is 6.05. The fraction of sp³-hybridized carbons (Fsp3) is 0.192. The highest BCUT2D eigenvalue weighted by molar-refractivity contribution is 5.97. The first-order valence-corrected chi connectivity index (χ1v) is 11.1. The summed E-state index contributed by atoms with van der Waals surface area (Å²) in [6.07, 6.45) is 5.16. The molecule has 0 atom stereocenters. The number of nitrogens with zero attached hydrogens (tertiary/aromatic N) is 6. The molecule has 5 rings (SSSR count). The van der Waals surface area contributed by atoms with Gasteiger partial charge in [-0.1, -0.05) is 24.3 Å². The fourth-order valence-corrected chi connectivity index (χ4v) is 4.24. The van der Waals surface area contributed by atoms with Gasteiger partial charge in [-0.25, -0.2) is 9.07 Å². The van der Waals surface area contributed by atoms with Gasteiger partial charge in [0.25, 0.3) is 5.91 Å². The highest BCUT2D eigenvalue weighted by atomic mass is 19.1. The van der Waals surface area contributed by atoms with Crippen molar-refractivity contribution in [3.8, 4) is 17.6 Å². The molecule has 1 saturated heterocycles. The first kappa shape index (κ1) is 21.6. The normalized spacial score (nSPS) is 14.2. The number of hydrogen-bond acceptors (Lipinski definition) is 4. The van der Waals surface area contributed by atoms with E-state index < -0.39 is 5.82 Å². The molecule has 2 aromatic carbocycles. The number of piperazine rings is 1. The Morgan fingerprint density at radius 1 is 0.971 bits per heavy atom. The molecule has 3 heterocycles. The number of aromatic nitrogens is 3. The quantitative estimate of drug-likeness (QED) is 0.462. The van der Waals surface area contributed by atoms with Gasteiger partial charge in [-0.2, -0.15) is 10.4 Å². The maximum absolute atomic E-state index is 14.5. The molecule has 1 amide bonds. The molecule has 1 fully saturated rings. The number of hydrogen-bond donors (Lipinski definition) is 0. The molecule has 0 N–H and O–H groups in total. The number of benzene rings is 2. The molecule has 2 aromatic heterocycles. The standard InChI is InChI=1S/C26H23FN6O/c27-23-5-1-2-6-24(23)33-25(31-11-3-4-12-31)22(18-29-33)26(34)32-15-13-30(14-16-32)19-21-9-7-20(17-28)8-10-21/h1-12,18H,13-16,19H2. The summed E-state index contributed by atoms with van der Waals surface area (Å²) in [6, 6.07) is 19.8. The number of para-hydroxylation sites is 1. The van der Waals surface area contributed by atoms with E-state index in [-0.39, 0.29) is 11.6 Å². The first-order valence-electron chi connectivity index (χ1n) is 11.1. The molecule has 0 spiro atoms. The number of nitriles is 1. The second-order valence-corrected chi connectivity index (χ2v) is 8.21. The van der Waals surface area contributed by atoms with Gasteiger partial charge in [-0.05, 0) is 42.0 Å². The van der Waals surface area contributed by atoms with Crippen LogP contribution in [-0.4, -0.2) is 56.2 Å². The predicted molar refractivity (Wildman–Crippen MR) is 125 cm³/mol. The van der Waals surface area contributed by atoms with Crippen molar-refractivity contribution in [3.05, 3.63) is 102 Å². The Balaban J connectivity index is 1.34. The van der Waals surface area contributed by atoms with Gasteiger partial charge in [0.1, 0.15) is 17.1 Å². The molecule has 4 aromatic rings. The van der Waals surface area contributed by atoms with E-state index in [4.69, 9.17) is 5.26 Å². The van der Waals surface area contributed by atoms with Gasteiger partial charge in [-0.3, -0.25) is 9.69 Å². The second-order valence-electron chi connectivity index (χ2n) is 8.21. The van der Waals surface area contributed by atoms with Gasteiger partial charge in [0, 0.05) is 45.1 Å². The van der Waals surface area contributed by atoms with Crippen LogP contribution in [0.2, 0.25) is 0 Å². The third-order valence-electron chi connectivity index (χ3n) is 6.05. The highest BCUT2D eigenvalue weighted by Crippen LogP contribution is 2.23. The first-order chi connectivity index (χ1) is 16.6. The molecule has 7 nitrogen and oxygen atoms in total. The van der Waals surface area contributed by atoms with Crippen LogP contribution in [-0.2, 0) is 6.54 Å². The summed E-state index contributed by atoms with van der Waals surface area (Å²) in [5.41, 5.74) is 2.51. The van der Waals surface area contributed by atoms with Gasteiger partial charge in [0.2, 0.25) is 0 Å². The minimum atomic E-state index is -0.408. The molecule has 34 heavy (non-hydrogen) atoms. The lowest BCUT2D eigenvalue weighted by molar-refractivity contribution is 0.0628. The summed E-state index contributed by atoms with van der Waals surface area (Å²) in [7, 11) is 0. The average molecular weight is 455 g/mol. The third kappa shape index (κ3) is 4.21. The number of carbonyl (C=O) groups is 1. The lowest BCUT2D eigenvalue weighted by Gasteiger charge is -2.34. The Kier molecular flexibility index (Phi) is 5.93. The summed E-state index contributed by atoms with van der Waals surface area (Å²) in [4.78, 5) is 17.6. The summed E-state index contributed by atoms with van der Waals surface area (Å²) >= 11 is 0. The second kappa shape index (κ2) is 9.33. The van der Waals surface area contributed by atoms with Crippen LogP contribution in [0.25, 0.3) is 11.5 Å². The van der Waals surface area contributed by atoms with Crippen molar-refractivity contribution in [2.75, 3.05) is 26.2 Å². The monoisotopic (exact) mass is 454 g/mol. The summed E-state index contributed by atoms with van der Waals surface area (Å²) in [5.74, 6) is -0.0150. The van der Waals surface area contributed by atoms with E-state index in [1.807, 2.05) is 53.7 Å². The molecule has 0 unspecified atom stereocenters. The number of carbonyl (C=O) groups excluding carboxylic acids is 1. The van der Waals surface area contributed by atoms with Crippen molar-refractivity contribution in [2.45, 2.75) is 6.54 Å².